The van der Waals surface area contributed by atoms with Crippen molar-refractivity contribution in [2.24, 2.45) is 5.41 Å². The Labute approximate surface area is 164 Å². The molecule has 0 aromatic heterocycles. The average molecular weight is 374 g/mol. The summed E-state index contributed by atoms with van der Waals surface area (Å²) >= 11 is 0. The zero-order valence-electron chi connectivity index (χ0n) is 17.9. The lowest BCUT2D eigenvalue weighted by atomic mass is 9.60. The molecule has 0 radical (unpaired) electrons. The Morgan fingerprint density at radius 3 is 1.89 bits per heavy atom. The molecule has 1 spiro atoms. The van der Waals surface area contributed by atoms with Crippen molar-refractivity contribution < 1.29 is 13.2 Å². The van der Waals surface area contributed by atoms with Crippen molar-refractivity contribution >= 4 is 18.6 Å². The largest absolute Gasteiger partial charge is 0.636 e. The van der Waals surface area contributed by atoms with Gasteiger partial charge in [-0.2, -0.15) is 4.58 Å². The highest BCUT2D eigenvalue weighted by molar-refractivity contribution is 6.81. The molecule has 1 aliphatic heterocycles. The van der Waals surface area contributed by atoms with E-state index in [1.165, 1.54) is 17.5 Å². The first-order valence-electron chi connectivity index (χ1n) is 10.7. The molecule has 1 aromatic rings. The van der Waals surface area contributed by atoms with Crippen LogP contribution in [0.25, 0.3) is 0 Å². The Hall–Kier alpha value is -1.19. The third-order valence-corrected chi connectivity index (χ3v) is 6.74. The van der Waals surface area contributed by atoms with Gasteiger partial charge in [0.05, 0.1) is 5.41 Å². The van der Waals surface area contributed by atoms with Gasteiger partial charge in [-0.05, 0) is 24.7 Å². The van der Waals surface area contributed by atoms with Crippen molar-refractivity contribution in [3.63, 3.8) is 0 Å². The summed E-state index contributed by atoms with van der Waals surface area (Å²) in [7, 11) is -2.40. The van der Waals surface area contributed by atoms with Crippen LogP contribution in [0.4, 0.5) is 14.3 Å². The van der Waals surface area contributed by atoms with Gasteiger partial charge in [-0.25, -0.2) is 0 Å². The van der Waals surface area contributed by atoms with E-state index in [0.717, 1.165) is 37.8 Å². The molecule has 148 valence electrons. The maximum absolute atomic E-state index is 14.6. The maximum atomic E-state index is 14.6. The molecular formula is C23H35BF2N+. The van der Waals surface area contributed by atoms with Crippen LogP contribution in [0.3, 0.4) is 0 Å². The minimum atomic E-state index is -2.40. The first kappa shape index (κ1) is 20.5. The summed E-state index contributed by atoms with van der Waals surface area (Å²) < 4.78 is 31.4. The lowest BCUT2D eigenvalue weighted by Gasteiger charge is -2.31. The van der Waals surface area contributed by atoms with Gasteiger partial charge in [-0.1, -0.05) is 65.2 Å². The van der Waals surface area contributed by atoms with Crippen LogP contribution in [0, 0.1) is 5.41 Å². The fraction of sp³-hybridized carbons (Fsp3) is 0.696. The van der Waals surface area contributed by atoms with E-state index >= 15 is 0 Å². The molecule has 4 heteroatoms. The van der Waals surface area contributed by atoms with Crippen molar-refractivity contribution in [2.45, 2.75) is 97.4 Å². The summed E-state index contributed by atoms with van der Waals surface area (Å²) in [5, 5.41) is 0. The second kappa shape index (κ2) is 7.33. The number of nitrogens with zero attached hydrogens (tertiary/aromatic N) is 1. The highest BCUT2D eigenvalue weighted by Gasteiger charge is 2.62. The number of hydrogen-bond donors (Lipinski definition) is 0. The van der Waals surface area contributed by atoms with E-state index in [0.29, 0.717) is 17.4 Å². The number of para-hydroxylation sites is 1. The molecule has 0 bridgehead atoms. The Morgan fingerprint density at radius 1 is 0.926 bits per heavy atom. The van der Waals surface area contributed by atoms with Gasteiger partial charge in [0.2, 0.25) is 11.3 Å². The van der Waals surface area contributed by atoms with Gasteiger partial charge in [0.25, 0.3) is 0 Å². The summed E-state index contributed by atoms with van der Waals surface area (Å²) in [5.74, 6) is 0.604. The van der Waals surface area contributed by atoms with Gasteiger partial charge in [-0.15, -0.1) is 0 Å². The van der Waals surface area contributed by atoms with E-state index in [-0.39, 0.29) is 11.0 Å². The lowest BCUT2D eigenvalue weighted by molar-refractivity contribution is -0.515. The summed E-state index contributed by atoms with van der Waals surface area (Å²) in [4.78, 5) is 0. The maximum Gasteiger partial charge on any atom is 0.636 e. The van der Waals surface area contributed by atoms with E-state index in [9.17, 15) is 8.63 Å². The normalized spacial score (nSPS) is 21.6. The lowest BCUT2D eigenvalue weighted by Crippen LogP contribution is -2.39. The van der Waals surface area contributed by atoms with Crippen LogP contribution in [-0.4, -0.2) is 23.0 Å². The Bertz CT molecular complexity index is 702. The molecule has 0 atom stereocenters. The van der Waals surface area contributed by atoms with Crippen LogP contribution in [0.1, 0.15) is 103 Å². The second-order valence-corrected chi connectivity index (χ2v) is 9.95. The Balaban J connectivity index is 2.36. The van der Waals surface area contributed by atoms with Gasteiger partial charge < -0.3 is 0 Å². The molecule has 1 aliphatic carbocycles. The number of rotatable bonds is 4. The third-order valence-electron chi connectivity index (χ3n) is 6.74. The zero-order chi connectivity index (χ0) is 20.0. The summed E-state index contributed by atoms with van der Waals surface area (Å²) in [6.07, 6.45) is 5.98. The topological polar surface area (TPSA) is 3.01 Å². The van der Waals surface area contributed by atoms with Crippen LogP contribution in [-0.2, 0) is 0 Å². The van der Waals surface area contributed by atoms with Crippen LogP contribution in [0.2, 0.25) is 0 Å². The van der Waals surface area contributed by atoms with E-state index in [2.05, 4.69) is 64.3 Å². The number of hydrogen-bond acceptors (Lipinski definition) is 0. The molecular weight excluding hydrogens is 339 g/mol. The zero-order valence-corrected chi connectivity index (χ0v) is 17.9. The smallest absolute Gasteiger partial charge is 0.276 e. The fourth-order valence-corrected chi connectivity index (χ4v) is 5.74. The highest BCUT2D eigenvalue weighted by Crippen LogP contribution is 2.53. The molecule has 0 saturated heterocycles. The third kappa shape index (κ3) is 3.49. The molecule has 1 fully saturated rings. The van der Waals surface area contributed by atoms with Gasteiger partial charge in [0.15, 0.2) is 5.54 Å². The highest BCUT2D eigenvalue weighted by atomic mass is 19.2. The van der Waals surface area contributed by atoms with Crippen molar-refractivity contribution in [2.75, 3.05) is 0 Å². The van der Waals surface area contributed by atoms with Gasteiger partial charge in [0, 0.05) is 31.4 Å². The summed E-state index contributed by atoms with van der Waals surface area (Å²) in [5.41, 5.74) is 3.24. The molecule has 0 amide bonds. The predicted molar refractivity (Wildman–Crippen MR) is 112 cm³/mol. The minimum Gasteiger partial charge on any atom is -0.276 e. The van der Waals surface area contributed by atoms with Crippen molar-refractivity contribution in [1.82, 2.24) is 0 Å². The van der Waals surface area contributed by atoms with Gasteiger partial charge >= 0.3 is 7.27 Å². The molecule has 27 heavy (non-hydrogen) atoms. The van der Waals surface area contributed by atoms with Crippen LogP contribution in [0.15, 0.2) is 18.2 Å². The van der Waals surface area contributed by atoms with Crippen LogP contribution < -0.4 is 0 Å². The molecule has 1 heterocycles. The molecule has 3 rings (SSSR count). The monoisotopic (exact) mass is 374 g/mol. The minimum absolute atomic E-state index is 0.294. The average Bonchev–Trinajstić information content (AvgIpc) is 2.80. The second-order valence-electron chi connectivity index (χ2n) is 9.95. The quantitative estimate of drug-likeness (QED) is 0.390. The standard InChI is InChI=1S/C23H35BF2N/c1-16(2)18-11-10-12-19(17(3)4)20(18)27-21(24(25)26)23(15-22(27,5)6)13-8-7-9-14-23/h10-12,16-17H,7-9,13-15H2,1-6H3/q+1. The predicted octanol–water partition coefficient (Wildman–Crippen LogP) is 7.12. The van der Waals surface area contributed by atoms with Crippen LogP contribution >= 0.6 is 0 Å². The molecule has 1 aromatic carbocycles. The summed E-state index contributed by atoms with van der Waals surface area (Å²) in [6, 6.07) is 6.36. The van der Waals surface area contributed by atoms with Gasteiger partial charge in [0.1, 0.15) is 0 Å². The molecule has 1 saturated carbocycles. The first-order chi connectivity index (χ1) is 12.6. The number of benzene rings is 1. The van der Waals surface area contributed by atoms with E-state index in [4.69, 9.17) is 0 Å². The molecule has 2 aliphatic rings. The molecule has 1 nitrogen and oxygen atoms in total. The Kier molecular flexibility index (Phi) is 5.58. The summed E-state index contributed by atoms with van der Waals surface area (Å²) in [6.45, 7) is 13.0. The first-order valence-corrected chi connectivity index (χ1v) is 10.7. The van der Waals surface area contributed by atoms with Crippen LogP contribution in [0.5, 0.6) is 0 Å². The van der Waals surface area contributed by atoms with Crippen molar-refractivity contribution in [3.8, 4) is 0 Å². The molecule has 0 N–H and O–H groups in total. The van der Waals surface area contributed by atoms with Gasteiger partial charge in [-0.3, -0.25) is 8.63 Å². The fourth-order valence-electron chi connectivity index (χ4n) is 5.74. The van der Waals surface area contributed by atoms with Crippen molar-refractivity contribution in [1.29, 1.82) is 0 Å². The molecule has 0 unspecified atom stereocenters. The van der Waals surface area contributed by atoms with E-state index < -0.39 is 7.27 Å². The van der Waals surface area contributed by atoms with Crippen molar-refractivity contribution in [3.05, 3.63) is 29.3 Å². The number of halogens is 2. The van der Waals surface area contributed by atoms with E-state index in [1.54, 1.807) is 0 Å². The SMILES string of the molecule is CC(C)c1cccc(C(C)C)c1[N+]1=C(B(F)F)C2(CCCCC2)CC1(C)C. The Morgan fingerprint density at radius 2 is 1.44 bits per heavy atom. The van der Waals surface area contributed by atoms with E-state index in [1.807, 2.05) is 0 Å².